The van der Waals surface area contributed by atoms with Crippen molar-refractivity contribution in [3.63, 3.8) is 0 Å². The summed E-state index contributed by atoms with van der Waals surface area (Å²) in [4.78, 5) is 18.3. The predicted molar refractivity (Wildman–Crippen MR) is 65.8 cm³/mol. The molecule has 0 fully saturated rings. The first-order chi connectivity index (χ1) is 9.15. The minimum absolute atomic E-state index is 0.0332. The summed E-state index contributed by atoms with van der Waals surface area (Å²) in [5.74, 6) is -2.38. The maximum absolute atomic E-state index is 12.0. The van der Waals surface area contributed by atoms with Crippen molar-refractivity contribution in [3.8, 4) is 0 Å². The SMILES string of the molecule is O=C(NCc1cnc[nH]1)c1ccc(CSC(F)F)o1. The Morgan fingerprint density at radius 2 is 2.37 bits per heavy atom. The third-order valence-electron chi connectivity index (χ3n) is 2.23. The van der Waals surface area contributed by atoms with Gasteiger partial charge in [0.05, 0.1) is 24.3 Å². The standard InChI is InChI=1S/C11H11F2N3O2S/c12-11(13)19-5-8-1-2-9(18-8)10(17)15-4-7-3-14-6-16-7/h1-3,6,11H,4-5H2,(H,14,16)(H,15,17). The van der Waals surface area contributed by atoms with Gasteiger partial charge in [-0.2, -0.15) is 8.78 Å². The highest BCUT2D eigenvalue weighted by atomic mass is 32.2. The number of aromatic amines is 1. The van der Waals surface area contributed by atoms with Gasteiger partial charge in [-0.3, -0.25) is 4.79 Å². The van der Waals surface area contributed by atoms with E-state index in [4.69, 9.17) is 4.42 Å². The highest BCUT2D eigenvalue weighted by Gasteiger charge is 2.12. The molecule has 2 aromatic rings. The van der Waals surface area contributed by atoms with Gasteiger partial charge in [0.1, 0.15) is 5.76 Å². The first kappa shape index (κ1) is 13.6. The molecule has 0 radical (unpaired) electrons. The fraction of sp³-hybridized carbons (Fsp3) is 0.273. The third kappa shape index (κ3) is 4.09. The molecule has 2 heterocycles. The summed E-state index contributed by atoms with van der Waals surface area (Å²) in [6, 6.07) is 2.98. The fourth-order valence-corrected chi connectivity index (χ4v) is 1.81. The molecule has 5 nitrogen and oxygen atoms in total. The van der Waals surface area contributed by atoms with Crippen molar-refractivity contribution in [2.45, 2.75) is 18.1 Å². The minimum Gasteiger partial charge on any atom is -0.455 e. The van der Waals surface area contributed by atoms with E-state index in [0.717, 1.165) is 5.69 Å². The Bertz CT molecular complexity index is 528. The lowest BCUT2D eigenvalue weighted by Gasteiger charge is -2.00. The van der Waals surface area contributed by atoms with E-state index >= 15 is 0 Å². The Balaban J connectivity index is 1.85. The average molecular weight is 287 g/mol. The second-order valence-electron chi connectivity index (χ2n) is 3.60. The smallest absolute Gasteiger partial charge is 0.287 e. The largest absolute Gasteiger partial charge is 0.455 e. The number of carbonyl (C=O) groups is 1. The summed E-state index contributed by atoms with van der Waals surface area (Å²) in [7, 11) is 0. The molecule has 102 valence electrons. The number of H-pyrrole nitrogens is 1. The van der Waals surface area contributed by atoms with Gasteiger partial charge in [0.2, 0.25) is 0 Å². The summed E-state index contributed by atoms with van der Waals surface area (Å²) in [5.41, 5.74) is 0.758. The number of thioether (sulfide) groups is 1. The molecule has 2 aromatic heterocycles. The fourth-order valence-electron chi connectivity index (χ4n) is 1.37. The van der Waals surface area contributed by atoms with Crippen LogP contribution in [0.25, 0.3) is 0 Å². The number of nitrogens with zero attached hydrogens (tertiary/aromatic N) is 1. The molecule has 0 atom stereocenters. The van der Waals surface area contributed by atoms with Crippen LogP contribution in [0.3, 0.4) is 0 Å². The number of aromatic nitrogens is 2. The zero-order valence-electron chi connectivity index (χ0n) is 9.73. The molecular weight excluding hydrogens is 276 g/mol. The first-order valence-corrected chi connectivity index (χ1v) is 6.44. The lowest BCUT2D eigenvalue weighted by Crippen LogP contribution is -2.22. The minimum atomic E-state index is -2.46. The van der Waals surface area contributed by atoms with Crippen LogP contribution in [0.15, 0.2) is 29.1 Å². The van der Waals surface area contributed by atoms with E-state index in [1.165, 1.54) is 18.5 Å². The van der Waals surface area contributed by atoms with Crippen LogP contribution in [0.2, 0.25) is 0 Å². The van der Waals surface area contributed by atoms with Crippen molar-refractivity contribution in [3.05, 3.63) is 41.9 Å². The number of halogens is 2. The van der Waals surface area contributed by atoms with Gasteiger partial charge in [-0.15, -0.1) is 0 Å². The van der Waals surface area contributed by atoms with Crippen molar-refractivity contribution >= 4 is 17.7 Å². The number of imidazole rings is 1. The van der Waals surface area contributed by atoms with Crippen LogP contribution in [0, 0.1) is 0 Å². The van der Waals surface area contributed by atoms with Crippen LogP contribution < -0.4 is 5.32 Å². The van der Waals surface area contributed by atoms with Gasteiger partial charge in [-0.05, 0) is 12.1 Å². The molecular formula is C11H11F2N3O2S. The number of furan rings is 1. The van der Waals surface area contributed by atoms with Gasteiger partial charge < -0.3 is 14.7 Å². The quantitative estimate of drug-likeness (QED) is 0.855. The van der Waals surface area contributed by atoms with Crippen molar-refractivity contribution in [1.82, 2.24) is 15.3 Å². The van der Waals surface area contributed by atoms with Gasteiger partial charge in [-0.25, -0.2) is 4.98 Å². The topological polar surface area (TPSA) is 70.9 Å². The molecule has 0 saturated heterocycles. The normalized spacial score (nSPS) is 10.9. The number of alkyl halides is 2. The highest BCUT2D eigenvalue weighted by molar-refractivity contribution is 7.98. The summed E-state index contributed by atoms with van der Waals surface area (Å²) in [5, 5.41) is 2.62. The van der Waals surface area contributed by atoms with Gasteiger partial charge in [0.15, 0.2) is 5.76 Å². The molecule has 0 aliphatic rings. The van der Waals surface area contributed by atoms with E-state index in [9.17, 15) is 13.6 Å². The lowest BCUT2D eigenvalue weighted by molar-refractivity contribution is 0.0921. The predicted octanol–water partition coefficient (Wildman–Crippen LogP) is 2.39. The highest BCUT2D eigenvalue weighted by Crippen LogP contribution is 2.21. The Morgan fingerprint density at radius 1 is 1.53 bits per heavy atom. The zero-order chi connectivity index (χ0) is 13.7. The van der Waals surface area contributed by atoms with E-state index in [2.05, 4.69) is 15.3 Å². The van der Waals surface area contributed by atoms with E-state index in [-0.39, 0.29) is 11.5 Å². The summed E-state index contributed by atoms with van der Waals surface area (Å²) in [6.45, 7) is 0.292. The van der Waals surface area contributed by atoms with Gasteiger partial charge in [0, 0.05) is 6.20 Å². The number of nitrogens with one attached hydrogen (secondary N) is 2. The Labute approximate surface area is 111 Å². The van der Waals surface area contributed by atoms with Crippen molar-refractivity contribution in [2.75, 3.05) is 0 Å². The summed E-state index contributed by atoms with van der Waals surface area (Å²) in [6.07, 6.45) is 3.10. The molecule has 0 aliphatic carbocycles. The average Bonchev–Trinajstić information content (AvgIpc) is 3.04. The number of rotatable bonds is 6. The lowest BCUT2D eigenvalue weighted by atomic mass is 10.4. The Morgan fingerprint density at radius 3 is 3.05 bits per heavy atom. The maximum atomic E-state index is 12.0. The molecule has 2 rings (SSSR count). The van der Waals surface area contributed by atoms with E-state index in [1.807, 2.05) is 0 Å². The van der Waals surface area contributed by atoms with Crippen molar-refractivity contribution in [2.24, 2.45) is 0 Å². The monoisotopic (exact) mass is 287 g/mol. The van der Waals surface area contributed by atoms with Crippen molar-refractivity contribution < 1.29 is 18.0 Å². The molecule has 2 N–H and O–H groups in total. The second kappa shape index (κ2) is 6.37. The van der Waals surface area contributed by atoms with E-state index in [0.29, 0.717) is 24.1 Å². The molecule has 0 spiro atoms. The third-order valence-corrected chi connectivity index (χ3v) is 2.93. The summed E-state index contributed by atoms with van der Waals surface area (Å²) >= 11 is 0.449. The van der Waals surface area contributed by atoms with Gasteiger partial charge in [0.25, 0.3) is 11.7 Å². The first-order valence-electron chi connectivity index (χ1n) is 5.39. The van der Waals surface area contributed by atoms with Gasteiger partial charge >= 0.3 is 0 Å². The molecule has 0 aromatic carbocycles. The summed E-state index contributed by atoms with van der Waals surface area (Å²) < 4.78 is 29.2. The molecule has 0 unspecified atom stereocenters. The molecule has 19 heavy (non-hydrogen) atoms. The van der Waals surface area contributed by atoms with Crippen LogP contribution in [-0.4, -0.2) is 21.6 Å². The van der Waals surface area contributed by atoms with Crippen LogP contribution in [0.1, 0.15) is 22.0 Å². The molecule has 0 bridgehead atoms. The maximum Gasteiger partial charge on any atom is 0.287 e. The van der Waals surface area contributed by atoms with Crippen LogP contribution in [0.4, 0.5) is 8.78 Å². The zero-order valence-corrected chi connectivity index (χ0v) is 10.5. The van der Waals surface area contributed by atoms with Gasteiger partial charge in [-0.1, -0.05) is 11.8 Å². The molecule has 1 amide bonds. The Hall–Kier alpha value is -1.83. The van der Waals surface area contributed by atoms with E-state index in [1.54, 1.807) is 6.20 Å². The van der Waals surface area contributed by atoms with E-state index < -0.39 is 11.7 Å². The molecule has 8 heteroatoms. The Kier molecular flexibility index (Phi) is 4.56. The van der Waals surface area contributed by atoms with Crippen LogP contribution >= 0.6 is 11.8 Å². The van der Waals surface area contributed by atoms with Crippen molar-refractivity contribution in [1.29, 1.82) is 0 Å². The number of hydrogen-bond acceptors (Lipinski definition) is 4. The molecule has 0 saturated carbocycles. The number of hydrogen-bond donors (Lipinski definition) is 2. The second-order valence-corrected chi connectivity index (χ2v) is 4.58. The van der Waals surface area contributed by atoms with Crippen LogP contribution in [0.5, 0.6) is 0 Å². The van der Waals surface area contributed by atoms with Crippen LogP contribution in [-0.2, 0) is 12.3 Å². The number of amides is 1. The molecule has 0 aliphatic heterocycles. The number of carbonyl (C=O) groups excluding carboxylic acids is 1.